The van der Waals surface area contributed by atoms with Gasteiger partial charge in [0.05, 0.1) is 12.5 Å². The molecule has 90 valence electrons. The van der Waals surface area contributed by atoms with Gasteiger partial charge >= 0.3 is 12.0 Å². The summed E-state index contributed by atoms with van der Waals surface area (Å²) in [6.07, 6.45) is 0.537. The molecule has 0 spiro atoms. The van der Waals surface area contributed by atoms with Crippen molar-refractivity contribution >= 4 is 12.0 Å². The van der Waals surface area contributed by atoms with Crippen LogP contribution in [0.5, 0.6) is 0 Å². The van der Waals surface area contributed by atoms with Crippen molar-refractivity contribution in [2.24, 2.45) is 0 Å². The Bertz CT molecular complexity index is 298. The van der Waals surface area contributed by atoms with Gasteiger partial charge in [0, 0.05) is 13.1 Å². The summed E-state index contributed by atoms with van der Waals surface area (Å²) in [5, 5.41) is 19.6. The van der Waals surface area contributed by atoms with Crippen LogP contribution in [0.4, 0.5) is 4.79 Å². The van der Waals surface area contributed by atoms with Gasteiger partial charge in [-0.2, -0.15) is 5.26 Å². The van der Waals surface area contributed by atoms with Crippen molar-refractivity contribution in [3.8, 4) is 6.07 Å². The third-order valence-electron chi connectivity index (χ3n) is 2.37. The van der Waals surface area contributed by atoms with Crippen molar-refractivity contribution in [1.29, 1.82) is 5.26 Å². The highest BCUT2D eigenvalue weighted by Gasteiger charge is 2.21. The summed E-state index contributed by atoms with van der Waals surface area (Å²) < 4.78 is 0. The first kappa shape index (κ1) is 14.2. The minimum atomic E-state index is -1.06. The van der Waals surface area contributed by atoms with Gasteiger partial charge < -0.3 is 15.3 Å². The molecular formula is C10H17N3O3. The second kappa shape index (κ2) is 6.67. The van der Waals surface area contributed by atoms with Crippen LogP contribution >= 0.6 is 0 Å². The largest absolute Gasteiger partial charge is 0.480 e. The van der Waals surface area contributed by atoms with Gasteiger partial charge in [-0.1, -0.05) is 6.92 Å². The van der Waals surface area contributed by atoms with Gasteiger partial charge in [-0.05, 0) is 13.3 Å². The maximum absolute atomic E-state index is 11.6. The van der Waals surface area contributed by atoms with Gasteiger partial charge in [-0.25, -0.2) is 9.59 Å². The van der Waals surface area contributed by atoms with E-state index >= 15 is 0 Å². The molecule has 2 amide bonds. The van der Waals surface area contributed by atoms with E-state index < -0.39 is 18.0 Å². The van der Waals surface area contributed by atoms with Gasteiger partial charge in [-0.15, -0.1) is 0 Å². The Kier molecular flexibility index (Phi) is 5.93. The SMILES string of the molecule is CC[C@H](NC(=O)N(C)C(C)CC#N)C(=O)O. The lowest BCUT2D eigenvalue weighted by Crippen LogP contribution is -2.48. The lowest BCUT2D eigenvalue weighted by atomic mass is 10.2. The predicted octanol–water partition coefficient (Wildman–Crippen LogP) is 0.793. The zero-order valence-electron chi connectivity index (χ0n) is 9.73. The molecule has 0 bridgehead atoms. The average molecular weight is 227 g/mol. The summed E-state index contributed by atoms with van der Waals surface area (Å²) in [5.41, 5.74) is 0. The summed E-state index contributed by atoms with van der Waals surface area (Å²) in [6.45, 7) is 3.41. The summed E-state index contributed by atoms with van der Waals surface area (Å²) in [4.78, 5) is 23.6. The van der Waals surface area contributed by atoms with E-state index in [1.165, 1.54) is 11.9 Å². The van der Waals surface area contributed by atoms with Crippen LogP contribution in [-0.4, -0.2) is 41.1 Å². The van der Waals surface area contributed by atoms with Crippen molar-refractivity contribution in [1.82, 2.24) is 10.2 Å². The van der Waals surface area contributed by atoms with E-state index in [2.05, 4.69) is 5.32 Å². The average Bonchev–Trinajstić information content (AvgIpc) is 2.24. The van der Waals surface area contributed by atoms with Crippen molar-refractivity contribution in [2.75, 3.05) is 7.05 Å². The molecule has 2 N–H and O–H groups in total. The monoisotopic (exact) mass is 227 g/mol. The molecule has 0 heterocycles. The molecule has 0 aromatic carbocycles. The number of carboxylic acid groups (broad SMARTS) is 1. The lowest BCUT2D eigenvalue weighted by Gasteiger charge is -2.25. The molecule has 0 fully saturated rings. The number of carbonyl (C=O) groups is 2. The molecule has 0 aliphatic rings. The van der Waals surface area contributed by atoms with Crippen LogP contribution in [0.1, 0.15) is 26.7 Å². The Morgan fingerprint density at radius 3 is 2.50 bits per heavy atom. The molecule has 0 radical (unpaired) electrons. The Hall–Kier alpha value is -1.77. The van der Waals surface area contributed by atoms with Gasteiger partial charge in [-0.3, -0.25) is 0 Å². The molecule has 6 heteroatoms. The molecule has 0 aromatic rings. The summed E-state index contributed by atoms with van der Waals surface area (Å²) in [6, 6.07) is 0.356. The molecular weight excluding hydrogens is 210 g/mol. The number of nitriles is 1. The zero-order chi connectivity index (χ0) is 12.7. The first-order chi connectivity index (χ1) is 7.43. The van der Waals surface area contributed by atoms with Crippen LogP contribution in [0.15, 0.2) is 0 Å². The molecule has 0 rings (SSSR count). The van der Waals surface area contributed by atoms with Crippen LogP contribution in [0.25, 0.3) is 0 Å². The zero-order valence-corrected chi connectivity index (χ0v) is 9.73. The van der Waals surface area contributed by atoms with Crippen LogP contribution in [0, 0.1) is 11.3 Å². The quantitative estimate of drug-likeness (QED) is 0.726. The molecule has 0 aliphatic heterocycles. The van der Waals surface area contributed by atoms with E-state index in [0.717, 1.165) is 0 Å². The van der Waals surface area contributed by atoms with Crippen molar-refractivity contribution in [3.05, 3.63) is 0 Å². The van der Waals surface area contributed by atoms with E-state index in [9.17, 15) is 9.59 Å². The minimum absolute atomic E-state index is 0.216. The van der Waals surface area contributed by atoms with Crippen molar-refractivity contribution in [2.45, 2.75) is 38.8 Å². The van der Waals surface area contributed by atoms with Crippen LogP contribution < -0.4 is 5.32 Å². The number of amides is 2. The van der Waals surface area contributed by atoms with Crippen molar-refractivity contribution < 1.29 is 14.7 Å². The highest BCUT2D eigenvalue weighted by molar-refractivity contribution is 5.82. The number of rotatable bonds is 5. The first-order valence-electron chi connectivity index (χ1n) is 5.07. The fourth-order valence-corrected chi connectivity index (χ4v) is 1.06. The summed E-state index contributed by atoms with van der Waals surface area (Å²) in [7, 11) is 1.53. The third-order valence-corrected chi connectivity index (χ3v) is 2.37. The number of urea groups is 1. The number of hydrogen-bond donors (Lipinski definition) is 2. The second-order valence-electron chi connectivity index (χ2n) is 3.57. The standard InChI is InChI=1S/C10H17N3O3/c1-4-8(9(14)15)12-10(16)13(3)7(2)5-6-11/h7-8H,4-5H2,1-3H3,(H,12,16)(H,14,15)/t7?,8-/m0/s1. The third kappa shape index (κ3) is 4.17. The number of nitrogens with zero attached hydrogens (tertiary/aromatic N) is 2. The van der Waals surface area contributed by atoms with Crippen molar-refractivity contribution in [3.63, 3.8) is 0 Å². The molecule has 1 unspecified atom stereocenters. The Labute approximate surface area is 94.8 Å². The maximum Gasteiger partial charge on any atom is 0.326 e. The number of hydrogen-bond acceptors (Lipinski definition) is 3. The highest BCUT2D eigenvalue weighted by atomic mass is 16.4. The molecule has 0 aromatic heterocycles. The Balaban J connectivity index is 4.35. The summed E-state index contributed by atoms with van der Waals surface area (Å²) in [5.74, 6) is -1.06. The number of aliphatic carboxylic acids is 1. The number of carboxylic acids is 1. The first-order valence-corrected chi connectivity index (χ1v) is 5.07. The number of carbonyl (C=O) groups excluding carboxylic acids is 1. The van der Waals surface area contributed by atoms with E-state index in [-0.39, 0.29) is 12.5 Å². The van der Waals surface area contributed by atoms with Gasteiger partial charge in [0.1, 0.15) is 6.04 Å². The smallest absolute Gasteiger partial charge is 0.326 e. The fourth-order valence-electron chi connectivity index (χ4n) is 1.06. The minimum Gasteiger partial charge on any atom is -0.480 e. The topological polar surface area (TPSA) is 93.4 Å². The van der Waals surface area contributed by atoms with Crippen LogP contribution in [0.2, 0.25) is 0 Å². The summed E-state index contributed by atoms with van der Waals surface area (Å²) >= 11 is 0. The van der Waals surface area contributed by atoms with E-state index in [4.69, 9.17) is 10.4 Å². The highest BCUT2D eigenvalue weighted by Crippen LogP contribution is 2.01. The normalized spacial score (nSPS) is 13.4. The molecule has 6 nitrogen and oxygen atoms in total. The Morgan fingerprint density at radius 1 is 1.56 bits per heavy atom. The van der Waals surface area contributed by atoms with Crippen LogP contribution in [-0.2, 0) is 4.79 Å². The molecule has 16 heavy (non-hydrogen) atoms. The molecule has 2 atom stereocenters. The van der Waals surface area contributed by atoms with Crippen LogP contribution in [0.3, 0.4) is 0 Å². The lowest BCUT2D eigenvalue weighted by molar-refractivity contribution is -0.139. The van der Waals surface area contributed by atoms with E-state index in [1.807, 2.05) is 6.07 Å². The second-order valence-corrected chi connectivity index (χ2v) is 3.57. The molecule has 0 saturated carbocycles. The molecule has 0 saturated heterocycles. The fraction of sp³-hybridized carbons (Fsp3) is 0.700. The maximum atomic E-state index is 11.6. The van der Waals surface area contributed by atoms with Gasteiger partial charge in [0.15, 0.2) is 0 Å². The van der Waals surface area contributed by atoms with E-state index in [1.54, 1.807) is 13.8 Å². The number of nitrogens with one attached hydrogen (secondary N) is 1. The van der Waals surface area contributed by atoms with E-state index in [0.29, 0.717) is 6.42 Å². The van der Waals surface area contributed by atoms with Gasteiger partial charge in [0.25, 0.3) is 0 Å². The molecule has 0 aliphatic carbocycles. The Morgan fingerprint density at radius 2 is 2.12 bits per heavy atom. The van der Waals surface area contributed by atoms with Gasteiger partial charge in [0.2, 0.25) is 0 Å². The predicted molar refractivity (Wildman–Crippen MR) is 57.7 cm³/mol.